The van der Waals surface area contributed by atoms with Gasteiger partial charge in [0.15, 0.2) is 0 Å². The standard InChI is InChI=1S/C9H14N6O4/c16-9(17)13-2-1-12(15-4-6-19-11-15)7-8(13)14-3-5-18-10-14/h3-6,8,10-11H,1-2,7H2,(H,16,17). The number of hydrogen-bond acceptors (Lipinski definition) is 8. The van der Waals surface area contributed by atoms with Crippen molar-refractivity contribution < 1.29 is 19.6 Å². The van der Waals surface area contributed by atoms with E-state index in [0.717, 1.165) is 0 Å². The van der Waals surface area contributed by atoms with Crippen LogP contribution in [0, 0.1) is 0 Å². The van der Waals surface area contributed by atoms with Crippen LogP contribution in [0.4, 0.5) is 4.79 Å². The van der Waals surface area contributed by atoms with Crippen LogP contribution in [0.3, 0.4) is 0 Å². The summed E-state index contributed by atoms with van der Waals surface area (Å²) in [5, 5.41) is 14.4. The summed E-state index contributed by atoms with van der Waals surface area (Å²) in [7, 11) is 0. The Hall–Kier alpha value is -2.17. The molecule has 1 fully saturated rings. The van der Waals surface area contributed by atoms with E-state index in [1.54, 1.807) is 22.5 Å². The molecular weight excluding hydrogens is 256 g/mol. The molecule has 0 aliphatic carbocycles. The van der Waals surface area contributed by atoms with Gasteiger partial charge in [-0.15, -0.1) is 0 Å². The van der Waals surface area contributed by atoms with E-state index >= 15 is 0 Å². The predicted molar refractivity (Wildman–Crippen MR) is 60.5 cm³/mol. The Kier molecular flexibility index (Phi) is 3.03. The minimum atomic E-state index is -0.965. The van der Waals surface area contributed by atoms with Crippen LogP contribution in [0.2, 0.25) is 0 Å². The third kappa shape index (κ3) is 2.23. The molecule has 10 heteroatoms. The molecule has 1 saturated heterocycles. The van der Waals surface area contributed by atoms with Gasteiger partial charge in [-0.3, -0.25) is 9.91 Å². The minimum absolute atomic E-state index is 0.373. The van der Waals surface area contributed by atoms with Gasteiger partial charge in [0.05, 0.1) is 18.9 Å². The highest BCUT2D eigenvalue weighted by Crippen LogP contribution is 2.17. The minimum Gasteiger partial charge on any atom is -0.465 e. The van der Waals surface area contributed by atoms with Crippen molar-refractivity contribution in [1.29, 1.82) is 0 Å². The Morgan fingerprint density at radius 1 is 1.21 bits per heavy atom. The molecule has 19 heavy (non-hydrogen) atoms. The van der Waals surface area contributed by atoms with Crippen LogP contribution in [0.1, 0.15) is 0 Å². The maximum Gasteiger partial charge on any atom is 0.409 e. The maximum atomic E-state index is 11.3. The Morgan fingerprint density at radius 3 is 2.63 bits per heavy atom. The average molecular weight is 270 g/mol. The van der Waals surface area contributed by atoms with Gasteiger partial charge >= 0.3 is 6.09 Å². The molecule has 3 heterocycles. The first-order valence-electron chi connectivity index (χ1n) is 5.73. The number of nitrogens with one attached hydrogen (secondary N) is 2. The average Bonchev–Trinajstić information content (AvgIpc) is 3.11. The Bertz CT molecular complexity index is 416. The lowest BCUT2D eigenvalue weighted by Gasteiger charge is -2.44. The van der Waals surface area contributed by atoms with Crippen LogP contribution in [0.5, 0.6) is 0 Å². The lowest BCUT2D eigenvalue weighted by Crippen LogP contribution is -2.65. The zero-order valence-electron chi connectivity index (χ0n) is 9.97. The number of piperazine rings is 1. The molecule has 0 aromatic heterocycles. The molecule has 0 aromatic carbocycles. The van der Waals surface area contributed by atoms with Crippen LogP contribution < -0.4 is 11.2 Å². The van der Waals surface area contributed by atoms with E-state index in [-0.39, 0.29) is 0 Å². The van der Waals surface area contributed by atoms with E-state index in [1.165, 1.54) is 17.4 Å². The predicted octanol–water partition coefficient (Wildman–Crippen LogP) is -1.03. The number of nitrogens with zero attached hydrogens (tertiary/aromatic N) is 4. The molecule has 0 saturated carbocycles. The summed E-state index contributed by atoms with van der Waals surface area (Å²) in [6.45, 7) is 1.38. The maximum absolute atomic E-state index is 11.3. The molecule has 0 aromatic rings. The third-order valence-corrected chi connectivity index (χ3v) is 3.07. The summed E-state index contributed by atoms with van der Waals surface area (Å²) in [5.74, 6) is 0. The van der Waals surface area contributed by atoms with E-state index in [1.807, 2.05) is 5.01 Å². The lowest BCUT2D eigenvalue weighted by atomic mass is 10.3. The zero-order valence-corrected chi connectivity index (χ0v) is 9.97. The molecule has 3 aliphatic rings. The van der Waals surface area contributed by atoms with Crippen LogP contribution in [-0.4, -0.2) is 57.0 Å². The molecule has 1 unspecified atom stereocenters. The second kappa shape index (κ2) is 4.84. The lowest BCUT2D eigenvalue weighted by molar-refractivity contribution is -0.153. The second-order valence-electron chi connectivity index (χ2n) is 4.11. The van der Waals surface area contributed by atoms with Crippen LogP contribution in [-0.2, 0) is 9.68 Å². The van der Waals surface area contributed by atoms with Crippen LogP contribution in [0.15, 0.2) is 24.9 Å². The molecular formula is C9H14N6O4. The van der Waals surface area contributed by atoms with Crippen molar-refractivity contribution in [2.75, 3.05) is 19.6 Å². The van der Waals surface area contributed by atoms with Crippen LogP contribution >= 0.6 is 0 Å². The fourth-order valence-corrected chi connectivity index (χ4v) is 2.14. The number of hydrazine groups is 3. The largest absolute Gasteiger partial charge is 0.465 e. The molecule has 104 valence electrons. The van der Waals surface area contributed by atoms with Crippen molar-refractivity contribution in [2.24, 2.45) is 0 Å². The van der Waals surface area contributed by atoms with E-state index < -0.39 is 12.3 Å². The summed E-state index contributed by atoms with van der Waals surface area (Å²) >= 11 is 0. The highest BCUT2D eigenvalue weighted by molar-refractivity contribution is 5.65. The summed E-state index contributed by atoms with van der Waals surface area (Å²) in [6.07, 6.45) is 4.96. The topological polar surface area (TPSA) is 92.8 Å². The number of hydrogen-bond donors (Lipinski definition) is 3. The normalized spacial score (nSPS) is 26.7. The Balaban J connectivity index is 1.72. The fraction of sp³-hybridized carbons (Fsp3) is 0.444. The van der Waals surface area contributed by atoms with Crippen LogP contribution in [0.25, 0.3) is 0 Å². The smallest absolute Gasteiger partial charge is 0.409 e. The molecule has 1 atom stereocenters. The summed E-state index contributed by atoms with van der Waals surface area (Å²) in [5.41, 5.74) is 5.30. The van der Waals surface area contributed by atoms with Gasteiger partial charge in [-0.1, -0.05) is 11.2 Å². The summed E-state index contributed by atoms with van der Waals surface area (Å²) < 4.78 is 0. The number of carboxylic acid groups (broad SMARTS) is 1. The van der Waals surface area contributed by atoms with E-state index in [4.69, 9.17) is 9.68 Å². The van der Waals surface area contributed by atoms with E-state index in [2.05, 4.69) is 11.2 Å². The van der Waals surface area contributed by atoms with Gasteiger partial charge < -0.3 is 14.8 Å². The van der Waals surface area contributed by atoms with E-state index in [9.17, 15) is 9.90 Å². The number of carbonyl (C=O) groups is 1. The molecule has 3 aliphatic heterocycles. The summed E-state index contributed by atoms with van der Waals surface area (Å²) in [6, 6.07) is 0. The van der Waals surface area contributed by atoms with Gasteiger partial charge in [0, 0.05) is 13.1 Å². The first kappa shape index (κ1) is 11.9. The van der Waals surface area contributed by atoms with Gasteiger partial charge in [-0.05, 0) is 0 Å². The Morgan fingerprint density at radius 2 is 2.00 bits per heavy atom. The van der Waals surface area contributed by atoms with Gasteiger partial charge in [-0.2, -0.15) is 5.01 Å². The van der Waals surface area contributed by atoms with Gasteiger partial charge in [0.1, 0.15) is 18.7 Å². The highest BCUT2D eigenvalue weighted by Gasteiger charge is 2.37. The molecule has 3 N–H and O–H groups in total. The molecule has 0 bridgehead atoms. The molecule has 10 nitrogen and oxygen atoms in total. The van der Waals surface area contributed by atoms with Crippen molar-refractivity contribution in [2.45, 2.75) is 6.17 Å². The number of rotatable bonds is 2. The molecule has 3 rings (SSSR count). The van der Waals surface area contributed by atoms with E-state index in [0.29, 0.717) is 19.6 Å². The molecule has 0 radical (unpaired) electrons. The Labute approximate surface area is 108 Å². The SMILES string of the molecule is O=C(O)N1CCN(N2C=CON2)CC1N1C=CON1. The number of amides is 1. The molecule has 0 spiro atoms. The fourth-order valence-electron chi connectivity index (χ4n) is 2.14. The zero-order chi connectivity index (χ0) is 13.2. The first-order valence-corrected chi connectivity index (χ1v) is 5.73. The molecule has 1 amide bonds. The van der Waals surface area contributed by atoms with Gasteiger partial charge in [0.25, 0.3) is 0 Å². The third-order valence-electron chi connectivity index (χ3n) is 3.07. The van der Waals surface area contributed by atoms with Crippen molar-refractivity contribution in [3.63, 3.8) is 0 Å². The van der Waals surface area contributed by atoms with Crippen molar-refractivity contribution >= 4 is 6.09 Å². The van der Waals surface area contributed by atoms with Crippen molar-refractivity contribution in [3.05, 3.63) is 24.9 Å². The van der Waals surface area contributed by atoms with Crippen molar-refractivity contribution in [3.8, 4) is 0 Å². The van der Waals surface area contributed by atoms with Gasteiger partial charge in [0.2, 0.25) is 0 Å². The summed E-state index contributed by atoms with van der Waals surface area (Å²) in [4.78, 5) is 22.4. The van der Waals surface area contributed by atoms with Crippen molar-refractivity contribution in [1.82, 2.24) is 31.2 Å². The monoisotopic (exact) mass is 270 g/mol. The first-order chi connectivity index (χ1) is 9.25. The second-order valence-corrected chi connectivity index (χ2v) is 4.11. The highest BCUT2D eigenvalue weighted by atomic mass is 16.7. The quantitative estimate of drug-likeness (QED) is 0.582. The van der Waals surface area contributed by atoms with Gasteiger partial charge in [-0.25, -0.2) is 9.91 Å².